The minimum Gasteiger partial charge on any atom is -0.496 e. The van der Waals surface area contributed by atoms with Gasteiger partial charge in [0.25, 0.3) is 0 Å². The Morgan fingerprint density at radius 1 is 1.06 bits per heavy atom. The lowest BCUT2D eigenvalue weighted by Gasteiger charge is -2.18. The van der Waals surface area contributed by atoms with Gasteiger partial charge in [0.1, 0.15) is 11.0 Å². The first-order valence-corrected chi connectivity index (χ1v) is 12.2. The van der Waals surface area contributed by atoms with Gasteiger partial charge in [-0.1, -0.05) is 72.4 Å². The number of Topliss-reactive ketones (excluding diaryl/α,β-unsaturated/α-hetero) is 1. The highest BCUT2D eigenvalue weighted by molar-refractivity contribution is 8.00. The van der Waals surface area contributed by atoms with Gasteiger partial charge in [-0.3, -0.25) is 14.2 Å². The van der Waals surface area contributed by atoms with Crippen molar-refractivity contribution < 1.29 is 14.3 Å². The van der Waals surface area contributed by atoms with E-state index in [9.17, 15) is 9.59 Å². The Labute approximate surface area is 214 Å². The molecule has 0 aliphatic carbocycles. The molecule has 1 unspecified atom stereocenters. The van der Waals surface area contributed by atoms with Gasteiger partial charge in [0.05, 0.1) is 12.7 Å². The standard InChI is InChI=1S/C28H26N4O3S/c1-4-17-32-26(23-15-8-9-16-24(23)35-3)30-31-28(32)36-25(20-11-6-5-7-12-20)27(34)29-22-14-10-13-21(18-22)19(2)33/h4-16,18,25H,1,17H2,2-3H3,(H,29,34). The number of methoxy groups -OCH3 is 1. The van der Waals surface area contributed by atoms with Crippen LogP contribution in [0.1, 0.15) is 28.1 Å². The zero-order valence-corrected chi connectivity index (χ0v) is 20.9. The molecule has 4 rings (SSSR count). The van der Waals surface area contributed by atoms with Crippen LogP contribution in [0.15, 0.2) is 96.7 Å². The average molecular weight is 499 g/mol. The fourth-order valence-corrected chi connectivity index (χ4v) is 4.77. The fourth-order valence-electron chi connectivity index (χ4n) is 3.73. The number of hydrogen-bond acceptors (Lipinski definition) is 6. The minimum atomic E-state index is -0.620. The summed E-state index contributed by atoms with van der Waals surface area (Å²) >= 11 is 1.30. The summed E-state index contributed by atoms with van der Waals surface area (Å²) in [6.07, 6.45) is 1.76. The topological polar surface area (TPSA) is 86.1 Å². The third-order valence-electron chi connectivity index (χ3n) is 5.48. The number of para-hydroxylation sites is 1. The zero-order valence-electron chi connectivity index (χ0n) is 20.0. The summed E-state index contributed by atoms with van der Waals surface area (Å²) in [6, 6.07) is 24.0. The molecule has 0 saturated carbocycles. The molecule has 1 N–H and O–H groups in total. The molecular formula is C28H26N4O3S. The number of ether oxygens (including phenoxy) is 1. The number of nitrogens with zero attached hydrogens (tertiary/aromatic N) is 3. The van der Waals surface area contributed by atoms with Crippen LogP contribution in [0.4, 0.5) is 5.69 Å². The Bertz CT molecular complexity index is 1380. The number of carbonyl (C=O) groups is 2. The molecule has 0 aliphatic rings. The maximum absolute atomic E-state index is 13.5. The molecule has 0 bridgehead atoms. The number of nitrogens with one attached hydrogen (secondary N) is 1. The highest BCUT2D eigenvalue weighted by Gasteiger charge is 2.26. The number of thioether (sulfide) groups is 1. The smallest absolute Gasteiger partial charge is 0.242 e. The van der Waals surface area contributed by atoms with Gasteiger partial charge in [-0.25, -0.2) is 0 Å². The van der Waals surface area contributed by atoms with E-state index in [1.807, 2.05) is 59.2 Å². The van der Waals surface area contributed by atoms with Crippen molar-refractivity contribution in [3.8, 4) is 17.1 Å². The monoisotopic (exact) mass is 498 g/mol. The van der Waals surface area contributed by atoms with Crippen LogP contribution >= 0.6 is 11.8 Å². The van der Waals surface area contributed by atoms with Crippen LogP contribution in [-0.4, -0.2) is 33.6 Å². The average Bonchev–Trinajstić information content (AvgIpc) is 3.29. The van der Waals surface area contributed by atoms with Crippen molar-refractivity contribution in [2.75, 3.05) is 12.4 Å². The van der Waals surface area contributed by atoms with E-state index in [0.717, 1.165) is 11.1 Å². The van der Waals surface area contributed by atoms with E-state index in [1.54, 1.807) is 37.5 Å². The molecular weight excluding hydrogens is 472 g/mol. The third-order valence-corrected chi connectivity index (χ3v) is 6.71. The number of rotatable bonds is 10. The van der Waals surface area contributed by atoms with Crippen LogP contribution in [0, 0.1) is 0 Å². The number of ketones is 1. The van der Waals surface area contributed by atoms with Gasteiger partial charge in [0.2, 0.25) is 5.91 Å². The maximum atomic E-state index is 13.5. The van der Waals surface area contributed by atoms with Crippen LogP contribution < -0.4 is 10.1 Å². The van der Waals surface area contributed by atoms with Gasteiger partial charge in [-0.05, 0) is 36.8 Å². The quantitative estimate of drug-likeness (QED) is 0.169. The van der Waals surface area contributed by atoms with Gasteiger partial charge in [0.15, 0.2) is 16.8 Å². The summed E-state index contributed by atoms with van der Waals surface area (Å²) in [5.74, 6) is 0.992. The number of carbonyl (C=O) groups excluding carboxylic acids is 2. The molecule has 0 spiro atoms. The van der Waals surface area contributed by atoms with E-state index in [2.05, 4.69) is 22.1 Å². The van der Waals surface area contributed by atoms with E-state index in [-0.39, 0.29) is 11.7 Å². The molecule has 1 aromatic heterocycles. The summed E-state index contributed by atoms with van der Waals surface area (Å²) in [5.41, 5.74) is 2.69. The lowest BCUT2D eigenvalue weighted by Crippen LogP contribution is -2.20. The minimum absolute atomic E-state index is 0.0681. The first-order valence-electron chi connectivity index (χ1n) is 11.3. The van der Waals surface area contributed by atoms with Crippen molar-refractivity contribution >= 4 is 29.1 Å². The third kappa shape index (κ3) is 5.55. The summed E-state index contributed by atoms with van der Waals surface area (Å²) in [6.45, 7) is 5.83. The molecule has 1 amide bonds. The molecule has 0 fully saturated rings. The summed E-state index contributed by atoms with van der Waals surface area (Å²) in [7, 11) is 1.61. The fraction of sp³-hybridized carbons (Fsp3) is 0.143. The normalized spacial score (nSPS) is 11.5. The second-order valence-corrected chi connectivity index (χ2v) is 9.01. The van der Waals surface area contributed by atoms with Crippen molar-refractivity contribution in [2.45, 2.75) is 23.9 Å². The molecule has 1 heterocycles. The number of allylic oxidation sites excluding steroid dienone is 1. The molecule has 0 radical (unpaired) electrons. The van der Waals surface area contributed by atoms with Crippen LogP contribution in [-0.2, 0) is 11.3 Å². The Hall–Kier alpha value is -4.17. The van der Waals surface area contributed by atoms with Crippen LogP contribution in [0.25, 0.3) is 11.4 Å². The Balaban J connectivity index is 1.70. The van der Waals surface area contributed by atoms with E-state index in [1.165, 1.54) is 18.7 Å². The predicted octanol–water partition coefficient (Wildman–Crippen LogP) is 5.81. The number of anilines is 1. The largest absolute Gasteiger partial charge is 0.496 e. The van der Waals surface area contributed by atoms with Crippen LogP contribution in [0.3, 0.4) is 0 Å². The van der Waals surface area contributed by atoms with Crippen molar-refractivity contribution in [1.29, 1.82) is 0 Å². The van der Waals surface area contributed by atoms with Crippen molar-refractivity contribution in [1.82, 2.24) is 14.8 Å². The molecule has 0 aliphatic heterocycles. The SMILES string of the molecule is C=CCn1c(SC(C(=O)Nc2cccc(C(C)=O)c2)c2ccccc2)nnc1-c1ccccc1OC. The molecule has 4 aromatic rings. The summed E-state index contributed by atoms with van der Waals surface area (Å²) in [4.78, 5) is 25.3. The predicted molar refractivity (Wildman–Crippen MR) is 142 cm³/mol. The number of hydrogen-bond donors (Lipinski definition) is 1. The highest BCUT2D eigenvalue weighted by Crippen LogP contribution is 2.38. The molecule has 182 valence electrons. The van der Waals surface area contributed by atoms with Gasteiger partial charge < -0.3 is 10.1 Å². The maximum Gasteiger partial charge on any atom is 0.242 e. The second-order valence-electron chi connectivity index (χ2n) is 7.94. The van der Waals surface area contributed by atoms with Gasteiger partial charge in [-0.15, -0.1) is 16.8 Å². The first kappa shape index (κ1) is 24.9. The Kier molecular flexibility index (Phi) is 7.97. The van der Waals surface area contributed by atoms with Crippen molar-refractivity contribution in [3.05, 3.63) is 103 Å². The molecule has 7 nitrogen and oxygen atoms in total. The lowest BCUT2D eigenvalue weighted by molar-refractivity contribution is -0.115. The van der Waals surface area contributed by atoms with Crippen LogP contribution in [0.5, 0.6) is 5.75 Å². The van der Waals surface area contributed by atoms with Crippen molar-refractivity contribution in [2.24, 2.45) is 0 Å². The number of benzene rings is 3. The number of amides is 1. The molecule has 3 aromatic carbocycles. The van der Waals surface area contributed by atoms with Gasteiger partial charge in [-0.2, -0.15) is 0 Å². The Morgan fingerprint density at radius 3 is 2.53 bits per heavy atom. The molecule has 36 heavy (non-hydrogen) atoms. The highest BCUT2D eigenvalue weighted by atomic mass is 32.2. The molecule has 1 atom stereocenters. The van der Waals surface area contributed by atoms with Crippen molar-refractivity contribution in [3.63, 3.8) is 0 Å². The first-order chi connectivity index (χ1) is 17.5. The summed E-state index contributed by atoms with van der Waals surface area (Å²) in [5, 5.41) is 11.8. The van der Waals surface area contributed by atoms with E-state index < -0.39 is 5.25 Å². The zero-order chi connectivity index (χ0) is 25.5. The second kappa shape index (κ2) is 11.5. The molecule has 0 saturated heterocycles. The van der Waals surface area contributed by atoms with E-state index in [0.29, 0.717) is 34.5 Å². The van der Waals surface area contributed by atoms with Gasteiger partial charge in [0, 0.05) is 17.8 Å². The Morgan fingerprint density at radius 2 is 1.81 bits per heavy atom. The van der Waals surface area contributed by atoms with E-state index in [4.69, 9.17) is 4.74 Å². The summed E-state index contributed by atoms with van der Waals surface area (Å²) < 4.78 is 7.43. The number of aromatic nitrogens is 3. The van der Waals surface area contributed by atoms with Gasteiger partial charge >= 0.3 is 0 Å². The lowest BCUT2D eigenvalue weighted by atomic mass is 10.1. The molecule has 8 heteroatoms. The van der Waals surface area contributed by atoms with Crippen LogP contribution in [0.2, 0.25) is 0 Å². The van der Waals surface area contributed by atoms with E-state index >= 15 is 0 Å².